The summed E-state index contributed by atoms with van der Waals surface area (Å²) >= 11 is 3.81. The molecule has 3 nitrogen and oxygen atoms in total. The summed E-state index contributed by atoms with van der Waals surface area (Å²) in [5.74, 6) is 2.69. The normalized spacial score (nSPS) is 23.2. The molecule has 0 radical (unpaired) electrons. The second kappa shape index (κ2) is 6.29. The first-order valence-corrected chi connectivity index (χ1v) is 9.00. The van der Waals surface area contributed by atoms with E-state index >= 15 is 0 Å². The van der Waals surface area contributed by atoms with Crippen LogP contribution in [0.4, 0.5) is 0 Å². The highest BCUT2D eigenvalue weighted by atomic mass is 32.2. The number of nitrogens with one attached hydrogen (secondary N) is 1. The van der Waals surface area contributed by atoms with Crippen molar-refractivity contribution in [2.75, 3.05) is 24.6 Å². The molecule has 1 unspecified atom stereocenters. The molecular formula is C14H20N2OS2. The molecule has 2 aliphatic rings. The molecule has 3 rings (SSSR count). The first-order valence-electron chi connectivity index (χ1n) is 6.97. The van der Waals surface area contributed by atoms with E-state index in [1.54, 1.807) is 0 Å². The Morgan fingerprint density at radius 2 is 2.47 bits per heavy atom. The van der Waals surface area contributed by atoms with E-state index in [0.29, 0.717) is 12.6 Å². The lowest BCUT2D eigenvalue weighted by Gasteiger charge is -2.29. The van der Waals surface area contributed by atoms with Gasteiger partial charge in [0.25, 0.3) is 0 Å². The number of thiophene rings is 1. The quantitative estimate of drug-likeness (QED) is 0.927. The Morgan fingerprint density at radius 3 is 3.32 bits per heavy atom. The fourth-order valence-electron chi connectivity index (χ4n) is 2.71. The van der Waals surface area contributed by atoms with Gasteiger partial charge in [0.1, 0.15) is 0 Å². The molecule has 1 aromatic heterocycles. The van der Waals surface area contributed by atoms with Gasteiger partial charge in [-0.15, -0.1) is 11.3 Å². The minimum absolute atomic E-state index is 0.257. The first kappa shape index (κ1) is 13.5. The molecular weight excluding hydrogens is 276 g/mol. The Balaban J connectivity index is 1.48. The van der Waals surface area contributed by atoms with Crippen molar-refractivity contribution in [2.45, 2.75) is 31.8 Å². The van der Waals surface area contributed by atoms with Gasteiger partial charge in [-0.3, -0.25) is 4.79 Å². The fraction of sp³-hybridized carbons (Fsp3) is 0.643. The zero-order valence-electron chi connectivity index (χ0n) is 11.1. The molecule has 104 valence electrons. The Labute approximate surface area is 122 Å². The third kappa shape index (κ3) is 3.33. The van der Waals surface area contributed by atoms with Crippen LogP contribution in [0.1, 0.15) is 23.3 Å². The minimum atomic E-state index is 0.257. The van der Waals surface area contributed by atoms with E-state index in [9.17, 15) is 4.79 Å². The predicted octanol–water partition coefficient (Wildman–Crippen LogP) is 2.12. The van der Waals surface area contributed by atoms with Crippen molar-refractivity contribution in [2.24, 2.45) is 0 Å². The van der Waals surface area contributed by atoms with Crippen molar-refractivity contribution in [1.82, 2.24) is 10.2 Å². The number of fused-ring (bicyclic) bond motifs is 1. The molecule has 1 N–H and O–H groups in total. The molecule has 1 aromatic rings. The summed E-state index contributed by atoms with van der Waals surface area (Å²) in [6.45, 7) is 2.19. The number of carbonyl (C=O) groups excluding carboxylic acids is 1. The number of amides is 1. The van der Waals surface area contributed by atoms with Crippen LogP contribution < -0.4 is 5.32 Å². The van der Waals surface area contributed by atoms with Crippen LogP contribution in [0.5, 0.6) is 0 Å². The Morgan fingerprint density at radius 1 is 1.53 bits per heavy atom. The van der Waals surface area contributed by atoms with Crippen LogP contribution in [0.2, 0.25) is 0 Å². The molecule has 1 atom stereocenters. The number of nitrogens with zero attached hydrogens (tertiary/aromatic N) is 1. The molecule has 1 fully saturated rings. The maximum absolute atomic E-state index is 12.2. The van der Waals surface area contributed by atoms with Gasteiger partial charge in [-0.05, 0) is 42.0 Å². The zero-order chi connectivity index (χ0) is 13.1. The Bertz CT molecular complexity index is 440. The molecule has 0 spiro atoms. The average Bonchev–Trinajstić information content (AvgIpc) is 2.93. The highest BCUT2D eigenvalue weighted by molar-refractivity contribution is 7.99. The van der Waals surface area contributed by atoms with Gasteiger partial charge in [0.05, 0.1) is 6.54 Å². The second-order valence-electron chi connectivity index (χ2n) is 5.23. The lowest BCUT2D eigenvalue weighted by Crippen LogP contribution is -2.44. The largest absolute Gasteiger partial charge is 0.337 e. The summed E-state index contributed by atoms with van der Waals surface area (Å²) in [5.41, 5.74) is 1.35. The second-order valence-corrected chi connectivity index (χ2v) is 7.38. The number of thioether (sulfide) groups is 1. The number of hydrogen-bond donors (Lipinski definition) is 1. The van der Waals surface area contributed by atoms with Crippen LogP contribution in [0.25, 0.3) is 0 Å². The van der Waals surface area contributed by atoms with Crippen LogP contribution >= 0.6 is 23.1 Å². The molecule has 5 heteroatoms. The molecule has 0 bridgehead atoms. The number of carbonyl (C=O) groups is 1. The number of hydrogen-bond acceptors (Lipinski definition) is 4. The zero-order valence-corrected chi connectivity index (χ0v) is 12.7. The minimum Gasteiger partial charge on any atom is -0.337 e. The van der Waals surface area contributed by atoms with Crippen LogP contribution in [-0.4, -0.2) is 41.4 Å². The van der Waals surface area contributed by atoms with E-state index in [0.717, 1.165) is 25.3 Å². The lowest BCUT2D eigenvalue weighted by molar-refractivity contribution is -0.131. The number of rotatable bonds is 3. The van der Waals surface area contributed by atoms with Gasteiger partial charge in [0.15, 0.2) is 0 Å². The monoisotopic (exact) mass is 296 g/mol. The van der Waals surface area contributed by atoms with Crippen molar-refractivity contribution in [1.29, 1.82) is 0 Å². The summed E-state index contributed by atoms with van der Waals surface area (Å²) in [5, 5.41) is 5.56. The molecule has 0 aromatic carbocycles. The van der Waals surface area contributed by atoms with Gasteiger partial charge in [0.2, 0.25) is 5.91 Å². The van der Waals surface area contributed by atoms with Gasteiger partial charge in [0, 0.05) is 29.8 Å². The van der Waals surface area contributed by atoms with Crippen LogP contribution in [0.15, 0.2) is 11.4 Å². The van der Waals surface area contributed by atoms with Gasteiger partial charge in [-0.25, -0.2) is 0 Å². The average molecular weight is 296 g/mol. The maximum atomic E-state index is 12.2. The van der Waals surface area contributed by atoms with Gasteiger partial charge >= 0.3 is 0 Å². The molecule has 19 heavy (non-hydrogen) atoms. The SMILES string of the molecule is O=C(CNC1CCCSC1)N1CCc2sccc2C1. The van der Waals surface area contributed by atoms with Crippen molar-refractivity contribution in [3.8, 4) is 0 Å². The molecule has 0 aliphatic carbocycles. The maximum Gasteiger partial charge on any atom is 0.236 e. The van der Waals surface area contributed by atoms with Gasteiger partial charge in [-0.2, -0.15) is 11.8 Å². The van der Waals surface area contributed by atoms with Crippen molar-refractivity contribution < 1.29 is 4.79 Å². The van der Waals surface area contributed by atoms with Gasteiger partial charge < -0.3 is 10.2 Å². The summed E-state index contributed by atoms with van der Waals surface area (Å²) in [6, 6.07) is 2.69. The third-order valence-electron chi connectivity index (χ3n) is 3.86. The van der Waals surface area contributed by atoms with Crippen molar-refractivity contribution in [3.63, 3.8) is 0 Å². The van der Waals surface area contributed by atoms with E-state index in [-0.39, 0.29) is 5.91 Å². The Hall–Kier alpha value is -0.520. The molecule has 1 saturated heterocycles. The standard InChI is InChI=1S/C14H20N2OS2/c17-14(8-15-12-2-1-6-18-10-12)16-5-3-13-11(9-16)4-7-19-13/h4,7,12,15H,1-3,5-6,8-10H2. The van der Waals surface area contributed by atoms with Crippen LogP contribution in [0.3, 0.4) is 0 Å². The molecule has 0 saturated carbocycles. The van der Waals surface area contributed by atoms with Crippen LogP contribution in [-0.2, 0) is 17.8 Å². The first-order chi connectivity index (χ1) is 9.33. The Kier molecular flexibility index (Phi) is 4.45. The topological polar surface area (TPSA) is 32.3 Å². The third-order valence-corrected chi connectivity index (χ3v) is 6.10. The van der Waals surface area contributed by atoms with Crippen molar-refractivity contribution in [3.05, 3.63) is 21.9 Å². The van der Waals surface area contributed by atoms with E-state index in [4.69, 9.17) is 0 Å². The van der Waals surface area contributed by atoms with E-state index in [1.165, 1.54) is 29.0 Å². The molecule has 3 heterocycles. The predicted molar refractivity (Wildman–Crippen MR) is 81.8 cm³/mol. The lowest BCUT2D eigenvalue weighted by atomic mass is 10.1. The highest BCUT2D eigenvalue weighted by Crippen LogP contribution is 2.24. The summed E-state index contributed by atoms with van der Waals surface area (Å²) in [4.78, 5) is 15.7. The summed E-state index contributed by atoms with van der Waals surface area (Å²) in [6.07, 6.45) is 3.52. The highest BCUT2D eigenvalue weighted by Gasteiger charge is 2.22. The van der Waals surface area contributed by atoms with Gasteiger partial charge in [-0.1, -0.05) is 0 Å². The summed E-state index contributed by atoms with van der Waals surface area (Å²) in [7, 11) is 0. The van der Waals surface area contributed by atoms with Crippen LogP contribution in [0, 0.1) is 0 Å². The molecule has 1 amide bonds. The fourth-order valence-corrected chi connectivity index (χ4v) is 4.70. The van der Waals surface area contributed by atoms with Crippen molar-refractivity contribution >= 4 is 29.0 Å². The summed E-state index contributed by atoms with van der Waals surface area (Å²) < 4.78 is 0. The van der Waals surface area contributed by atoms with E-state index in [1.807, 2.05) is 28.0 Å². The van der Waals surface area contributed by atoms with E-state index in [2.05, 4.69) is 16.8 Å². The van der Waals surface area contributed by atoms with E-state index < -0.39 is 0 Å². The molecule has 2 aliphatic heterocycles. The smallest absolute Gasteiger partial charge is 0.236 e.